The first kappa shape index (κ1) is 13.9. The molecule has 0 aliphatic carbocycles. The van der Waals surface area contributed by atoms with Gasteiger partial charge < -0.3 is 11.1 Å². The molecule has 0 spiro atoms. The molecule has 0 radical (unpaired) electrons. The molecule has 2 aromatic carbocycles. The van der Waals surface area contributed by atoms with Gasteiger partial charge in [0.2, 0.25) is 0 Å². The number of nitrogens with one attached hydrogen (secondary N) is 1. The zero-order chi connectivity index (χ0) is 14.7. The van der Waals surface area contributed by atoms with Gasteiger partial charge in [-0.1, -0.05) is 12.1 Å². The fraction of sp³-hybridized carbons (Fsp3) is 0.250. The van der Waals surface area contributed by atoms with Gasteiger partial charge in [0.25, 0.3) is 0 Å². The molecule has 3 rings (SSSR count). The standard InChI is InChI=1S/C16H19N3OS/c17-14-4-2-13(3-5-14)12-18-15-6-8-16(9-7-15)19-10-1-11-21(19)20/h2-9,18H,1,10-12,17H2. The van der Waals surface area contributed by atoms with Crippen molar-refractivity contribution in [2.24, 2.45) is 0 Å². The van der Waals surface area contributed by atoms with E-state index < -0.39 is 11.0 Å². The second-order valence-corrected chi connectivity index (χ2v) is 6.62. The van der Waals surface area contributed by atoms with Crippen molar-refractivity contribution in [3.05, 3.63) is 54.1 Å². The van der Waals surface area contributed by atoms with E-state index in [1.807, 2.05) is 52.8 Å². The van der Waals surface area contributed by atoms with Crippen molar-refractivity contribution in [3.8, 4) is 0 Å². The number of hydrogen-bond acceptors (Lipinski definition) is 3. The van der Waals surface area contributed by atoms with Crippen LogP contribution < -0.4 is 15.4 Å². The molecular weight excluding hydrogens is 282 g/mol. The molecule has 3 N–H and O–H groups in total. The maximum Gasteiger partial charge on any atom is 0.119 e. The van der Waals surface area contributed by atoms with Crippen LogP contribution in [-0.2, 0) is 17.5 Å². The predicted octanol–water partition coefficient (Wildman–Crippen LogP) is 2.75. The molecule has 0 amide bonds. The van der Waals surface area contributed by atoms with Gasteiger partial charge in [0.1, 0.15) is 11.0 Å². The Labute approximate surface area is 127 Å². The number of benzene rings is 2. The van der Waals surface area contributed by atoms with Crippen molar-refractivity contribution < 1.29 is 4.21 Å². The summed E-state index contributed by atoms with van der Waals surface area (Å²) in [7, 11) is -0.853. The van der Waals surface area contributed by atoms with E-state index in [0.29, 0.717) is 0 Å². The summed E-state index contributed by atoms with van der Waals surface area (Å²) >= 11 is 0. The largest absolute Gasteiger partial charge is 0.399 e. The van der Waals surface area contributed by atoms with Crippen LogP contribution >= 0.6 is 0 Å². The van der Waals surface area contributed by atoms with Crippen molar-refractivity contribution in [1.29, 1.82) is 0 Å². The Morgan fingerprint density at radius 3 is 2.43 bits per heavy atom. The number of anilines is 3. The Morgan fingerprint density at radius 1 is 1.10 bits per heavy atom. The smallest absolute Gasteiger partial charge is 0.119 e. The van der Waals surface area contributed by atoms with E-state index in [9.17, 15) is 4.21 Å². The van der Waals surface area contributed by atoms with Crippen LogP contribution in [-0.4, -0.2) is 16.5 Å². The van der Waals surface area contributed by atoms with Gasteiger partial charge in [-0.05, 0) is 48.4 Å². The molecule has 21 heavy (non-hydrogen) atoms. The molecule has 0 bridgehead atoms. The molecule has 0 aromatic heterocycles. The van der Waals surface area contributed by atoms with Gasteiger partial charge >= 0.3 is 0 Å². The van der Waals surface area contributed by atoms with Crippen LogP contribution in [0, 0.1) is 0 Å². The maximum atomic E-state index is 11.8. The van der Waals surface area contributed by atoms with E-state index in [2.05, 4.69) is 5.32 Å². The molecule has 0 saturated carbocycles. The van der Waals surface area contributed by atoms with Crippen molar-refractivity contribution >= 4 is 28.0 Å². The molecular formula is C16H19N3OS. The van der Waals surface area contributed by atoms with Gasteiger partial charge in [-0.3, -0.25) is 4.31 Å². The van der Waals surface area contributed by atoms with Gasteiger partial charge in [-0.2, -0.15) is 0 Å². The van der Waals surface area contributed by atoms with Crippen molar-refractivity contribution in [2.75, 3.05) is 27.7 Å². The molecule has 1 heterocycles. The highest BCUT2D eigenvalue weighted by molar-refractivity contribution is 7.86. The lowest BCUT2D eigenvalue weighted by Gasteiger charge is -2.16. The lowest BCUT2D eigenvalue weighted by molar-refractivity contribution is 0.685. The molecule has 1 aliphatic heterocycles. The molecule has 1 fully saturated rings. The Hall–Kier alpha value is -2.01. The van der Waals surface area contributed by atoms with Crippen LogP contribution in [0.1, 0.15) is 12.0 Å². The van der Waals surface area contributed by atoms with E-state index >= 15 is 0 Å². The Bertz CT molecular complexity index is 625. The van der Waals surface area contributed by atoms with Crippen molar-refractivity contribution in [1.82, 2.24) is 0 Å². The zero-order valence-electron chi connectivity index (χ0n) is 11.8. The summed E-state index contributed by atoms with van der Waals surface area (Å²) in [5.74, 6) is 0.775. The van der Waals surface area contributed by atoms with E-state index in [1.165, 1.54) is 5.56 Å². The first-order valence-corrected chi connectivity index (χ1v) is 8.34. The average Bonchev–Trinajstić information content (AvgIpc) is 2.93. The summed E-state index contributed by atoms with van der Waals surface area (Å²) in [6.07, 6.45) is 1.00. The van der Waals surface area contributed by atoms with Crippen LogP contribution in [0.3, 0.4) is 0 Å². The molecule has 1 aliphatic rings. The highest BCUT2D eigenvalue weighted by Gasteiger charge is 2.19. The fourth-order valence-corrected chi connectivity index (χ4v) is 3.66. The van der Waals surface area contributed by atoms with Crippen molar-refractivity contribution in [2.45, 2.75) is 13.0 Å². The van der Waals surface area contributed by atoms with E-state index in [-0.39, 0.29) is 0 Å². The molecule has 1 saturated heterocycles. The van der Waals surface area contributed by atoms with Gasteiger partial charge in [-0.15, -0.1) is 0 Å². The Morgan fingerprint density at radius 2 is 1.81 bits per heavy atom. The molecule has 4 nitrogen and oxygen atoms in total. The van der Waals surface area contributed by atoms with Crippen LogP contribution in [0.25, 0.3) is 0 Å². The third-order valence-electron chi connectivity index (χ3n) is 3.56. The van der Waals surface area contributed by atoms with Crippen LogP contribution in [0.5, 0.6) is 0 Å². The van der Waals surface area contributed by atoms with Gasteiger partial charge in [0.15, 0.2) is 0 Å². The van der Waals surface area contributed by atoms with E-state index in [4.69, 9.17) is 5.73 Å². The van der Waals surface area contributed by atoms with Gasteiger partial charge in [0, 0.05) is 35.9 Å². The topological polar surface area (TPSA) is 58.4 Å². The van der Waals surface area contributed by atoms with Crippen LogP contribution in [0.2, 0.25) is 0 Å². The lowest BCUT2D eigenvalue weighted by atomic mass is 10.2. The quantitative estimate of drug-likeness (QED) is 0.854. The number of rotatable bonds is 4. The third-order valence-corrected chi connectivity index (χ3v) is 5.08. The minimum Gasteiger partial charge on any atom is -0.399 e. The summed E-state index contributed by atoms with van der Waals surface area (Å²) in [4.78, 5) is 0. The van der Waals surface area contributed by atoms with Crippen LogP contribution in [0.4, 0.5) is 17.1 Å². The minimum absolute atomic E-state index is 0.759. The first-order chi connectivity index (χ1) is 10.2. The third kappa shape index (κ3) is 3.36. The molecule has 5 heteroatoms. The molecule has 1 atom stereocenters. The zero-order valence-corrected chi connectivity index (χ0v) is 12.6. The normalized spacial score (nSPS) is 17.9. The van der Waals surface area contributed by atoms with Gasteiger partial charge in [0.05, 0.1) is 0 Å². The average molecular weight is 301 g/mol. The summed E-state index contributed by atoms with van der Waals surface area (Å²) in [6, 6.07) is 16.0. The lowest BCUT2D eigenvalue weighted by Crippen LogP contribution is -2.19. The monoisotopic (exact) mass is 301 g/mol. The van der Waals surface area contributed by atoms with Crippen molar-refractivity contribution in [3.63, 3.8) is 0 Å². The minimum atomic E-state index is -0.853. The van der Waals surface area contributed by atoms with Crippen LogP contribution in [0.15, 0.2) is 48.5 Å². The summed E-state index contributed by atoms with van der Waals surface area (Å²) in [5, 5.41) is 3.37. The molecule has 2 aromatic rings. The highest BCUT2D eigenvalue weighted by atomic mass is 32.2. The number of nitrogens with two attached hydrogens (primary N) is 1. The second kappa shape index (κ2) is 6.18. The highest BCUT2D eigenvalue weighted by Crippen LogP contribution is 2.23. The summed E-state index contributed by atoms with van der Waals surface area (Å²) in [6.45, 7) is 1.64. The summed E-state index contributed by atoms with van der Waals surface area (Å²) < 4.78 is 13.8. The summed E-state index contributed by atoms with van der Waals surface area (Å²) in [5.41, 5.74) is 9.73. The Kier molecular flexibility index (Phi) is 4.10. The van der Waals surface area contributed by atoms with Gasteiger partial charge in [-0.25, -0.2) is 4.21 Å². The number of hydrogen-bond donors (Lipinski definition) is 2. The van der Waals surface area contributed by atoms with E-state index in [0.717, 1.165) is 42.3 Å². The first-order valence-electron chi connectivity index (χ1n) is 7.07. The SMILES string of the molecule is Nc1ccc(CNc2ccc(N3CCCS3=O)cc2)cc1. The Balaban J connectivity index is 1.62. The van der Waals surface area contributed by atoms with E-state index in [1.54, 1.807) is 0 Å². The fourth-order valence-electron chi connectivity index (χ4n) is 2.38. The molecule has 1 unspecified atom stereocenters. The number of nitrogen functional groups attached to an aromatic ring is 1. The second-order valence-electron chi connectivity index (χ2n) is 5.12. The predicted molar refractivity (Wildman–Crippen MR) is 89.6 cm³/mol. The maximum absolute atomic E-state index is 11.8. The molecule has 110 valence electrons. The number of nitrogens with zero attached hydrogens (tertiary/aromatic N) is 1.